The predicted molar refractivity (Wildman–Crippen MR) is 110 cm³/mol. The van der Waals surface area contributed by atoms with Crippen molar-refractivity contribution in [3.05, 3.63) is 47.8 Å². The Kier molecular flexibility index (Phi) is 7.01. The largest absolute Gasteiger partial charge is 0.372 e. The molecule has 26 heavy (non-hydrogen) atoms. The van der Waals surface area contributed by atoms with Crippen molar-refractivity contribution in [2.24, 2.45) is 0 Å². The molecule has 1 heterocycles. The van der Waals surface area contributed by atoms with Crippen LogP contribution >= 0.6 is 0 Å². The number of aromatic nitrogens is 1. The highest BCUT2D eigenvalue weighted by Gasteiger charge is 2.11. The summed E-state index contributed by atoms with van der Waals surface area (Å²) in [7, 11) is 0. The average molecular weight is 354 g/mol. The molecule has 0 saturated heterocycles. The number of rotatable bonds is 8. The van der Waals surface area contributed by atoms with E-state index in [0.29, 0.717) is 5.69 Å². The zero-order valence-electron chi connectivity index (χ0n) is 16.5. The van der Waals surface area contributed by atoms with Gasteiger partial charge in [-0.25, -0.2) is 4.98 Å². The Labute approximate surface area is 157 Å². The normalized spacial score (nSPS) is 10.5. The van der Waals surface area contributed by atoms with Gasteiger partial charge in [-0.05, 0) is 70.5 Å². The fourth-order valence-electron chi connectivity index (χ4n) is 3.06. The second-order valence-corrected chi connectivity index (χ2v) is 6.20. The highest BCUT2D eigenvalue weighted by molar-refractivity contribution is 6.03. The van der Waals surface area contributed by atoms with E-state index in [2.05, 4.69) is 53.9 Å². The summed E-state index contributed by atoms with van der Waals surface area (Å²) in [6.45, 7) is 14.3. The number of amides is 1. The van der Waals surface area contributed by atoms with Crippen molar-refractivity contribution in [1.29, 1.82) is 0 Å². The van der Waals surface area contributed by atoms with E-state index in [4.69, 9.17) is 0 Å². The zero-order chi connectivity index (χ0) is 19.1. The fraction of sp³-hybridized carbons (Fsp3) is 0.429. The van der Waals surface area contributed by atoms with E-state index in [9.17, 15) is 4.79 Å². The van der Waals surface area contributed by atoms with E-state index in [1.54, 1.807) is 12.3 Å². The number of hydrogen-bond acceptors (Lipinski definition) is 4. The van der Waals surface area contributed by atoms with Crippen LogP contribution in [0.15, 0.2) is 36.5 Å². The molecule has 140 valence electrons. The van der Waals surface area contributed by atoms with Gasteiger partial charge in [0, 0.05) is 37.6 Å². The van der Waals surface area contributed by atoms with E-state index in [-0.39, 0.29) is 5.91 Å². The third-order valence-corrected chi connectivity index (χ3v) is 4.70. The number of carbonyl (C=O) groups excluding carboxylic acids is 1. The summed E-state index contributed by atoms with van der Waals surface area (Å²) in [5, 5.41) is 2.97. The van der Waals surface area contributed by atoms with Crippen LogP contribution in [0.1, 0.15) is 43.7 Å². The quantitative estimate of drug-likeness (QED) is 0.766. The Morgan fingerprint density at radius 3 is 2.00 bits per heavy atom. The van der Waals surface area contributed by atoms with Crippen LogP contribution < -0.4 is 15.1 Å². The Bertz CT molecular complexity index is 719. The molecule has 1 N–H and O–H groups in total. The molecule has 5 heteroatoms. The van der Waals surface area contributed by atoms with Crippen LogP contribution in [0.4, 0.5) is 17.1 Å². The van der Waals surface area contributed by atoms with Crippen LogP contribution in [0.2, 0.25) is 0 Å². The summed E-state index contributed by atoms with van der Waals surface area (Å²) >= 11 is 0. The van der Waals surface area contributed by atoms with Gasteiger partial charge in [0.2, 0.25) is 0 Å². The Hall–Kier alpha value is -2.56. The molecule has 2 aromatic rings. The summed E-state index contributed by atoms with van der Waals surface area (Å²) in [5.74, 6) is -0.185. The van der Waals surface area contributed by atoms with Crippen LogP contribution in [0.5, 0.6) is 0 Å². The number of carbonyl (C=O) groups is 1. The molecule has 0 radical (unpaired) electrons. The van der Waals surface area contributed by atoms with Crippen molar-refractivity contribution in [2.45, 2.75) is 34.6 Å². The molecule has 0 aliphatic heterocycles. The number of hydrogen-bond donors (Lipinski definition) is 1. The monoisotopic (exact) mass is 354 g/mol. The molecular weight excluding hydrogens is 324 g/mol. The minimum absolute atomic E-state index is 0.185. The highest BCUT2D eigenvalue weighted by atomic mass is 16.1. The van der Waals surface area contributed by atoms with E-state index < -0.39 is 0 Å². The molecule has 0 fully saturated rings. The van der Waals surface area contributed by atoms with E-state index >= 15 is 0 Å². The first-order chi connectivity index (χ1) is 12.5. The molecule has 0 aliphatic carbocycles. The Morgan fingerprint density at radius 2 is 1.50 bits per heavy atom. The molecular formula is C21H30N4O. The highest BCUT2D eigenvalue weighted by Crippen LogP contribution is 2.23. The average Bonchev–Trinajstić information content (AvgIpc) is 2.66. The molecule has 0 unspecified atom stereocenters. The van der Waals surface area contributed by atoms with Gasteiger partial charge in [0.05, 0.1) is 11.9 Å². The van der Waals surface area contributed by atoms with Gasteiger partial charge in [-0.15, -0.1) is 0 Å². The summed E-state index contributed by atoms with van der Waals surface area (Å²) in [4.78, 5) is 21.3. The van der Waals surface area contributed by atoms with Gasteiger partial charge in [-0.2, -0.15) is 0 Å². The molecule has 1 aromatic heterocycles. The molecule has 0 atom stereocenters. The van der Waals surface area contributed by atoms with Crippen molar-refractivity contribution in [2.75, 3.05) is 41.3 Å². The fourth-order valence-corrected chi connectivity index (χ4v) is 3.06. The van der Waals surface area contributed by atoms with Crippen molar-refractivity contribution in [1.82, 2.24) is 4.98 Å². The molecule has 0 spiro atoms. The molecule has 0 aliphatic rings. The lowest BCUT2D eigenvalue weighted by atomic mass is 10.1. The van der Waals surface area contributed by atoms with Gasteiger partial charge in [-0.1, -0.05) is 0 Å². The Morgan fingerprint density at radius 1 is 0.923 bits per heavy atom. The lowest BCUT2D eigenvalue weighted by molar-refractivity contribution is 0.102. The number of benzene rings is 1. The summed E-state index contributed by atoms with van der Waals surface area (Å²) in [6, 6.07) is 9.85. The minimum Gasteiger partial charge on any atom is -0.372 e. The number of anilines is 3. The first kappa shape index (κ1) is 19.8. The lowest BCUT2D eigenvalue weighted by Gasteiger charge is -2.22. The van der Waals surface area contributed by atoms with Crippen molar-refractivity contribution in [3.8, 4) is 0 Å². The van der Waals surface area contributed by atoms with Gasteiger partial charge in [0.25, 0.3) is 5.91 Å². The Balaban J connectivity index is 2.12. The second kappa shape index (κ2) is 9.22. The zero-order valence-corrected chi connectivity index (χ0v) is 16.5. The molecule has 2 rings (SSSR count). The smallest absolute Gasteiger partial charge is 0.274 e. The van der Waals surface area contributed by atoms with Gasteiger partial charge in [0.15, 0.2) is 0 Å². The first-order valence-electron chi connectivity index (χ1n) is 9.41. The molecule has 0 saturated carbocycles. The summed E-state index contributed by atoms with van der Waals surface area (Å²) in [6.07, 6.45) is 1.76. The van der Waals surface area contributed by atoms with E-state index in [1.165, 1.54) is 5.69 Å². The lowest BCUT2D eigenvalue weighted by Crippen LogP contribution is -2.22. The SMILES string of the molecule is CCN(CC)c1ccc(C(=O)Nc2ccc(N(CC)CC)cc2C)nc1. The number of nitrogens with one attached hydrogen (secondary N) is 1. The molecule has 1 aromatic carbocycles. The van der Waals surface area contributed by atoms with Crippen LogP contribution in [-0.4, -0.2) is 37.1 Å². The number of aryl methyl sites for hydroxylation is 1. The second-order valence-electron chi connectivity index (χ2n) is 6.20. The van der Waals surface area contributed by atoms with Gasteiger partial charge >= 0.3 is 0 Å². The van der Waals surface area contributed by atoms with Crippen LogP contribution in [-0.2, 0) is 0 Å². The first-order valence-corrected chi connectivity index (χ1v) is 9.41. The maximum Gasteiger partial charge on any atom is 0.274 e. The molecule has 1 amide bonds. The van der Waals surface area contributed by atoms with Crippen molar-refractivity contribution < 1.29 is 4.79 Å². The van der Waals surface area contributed by atoms with Gasteiger partial charge < -0.3 is 15.1 Å². The topological polar surface area (TPSA) is 48.5 Å². The van der Waals surface area contributed by atoms with E-state index in [0.717, 1.165) is 43.1 Å². The van der Waals surface area contributed by atoms with Crippen LogP contribution in [0.3, 0.4) is 0 Å². The van der Waals surface area contributed by atoms with Crippen molar-refractivity contribution >= 4 is 23.0 Å². The third-order valence-electron chi connectivity index (χ3n) is 4.70. The van der Waals surface area contributed by atoms with E-state index in [1.807, 2.05) is 25.1 Å². The molecule has 0 bridgehead atoms. The van der Waals surface area contributed by atoms with Crippen LogP contribution in [0, 0.1) is 6.92 Å². The minimum atomic E-state index is -0.185. The van der Waals surface area contributed by atoms with Crippen molar-refractivity contribution in [3.63, 3.8) is 0 Å². The number of nitrogens with zero attached hydrogens (tertiary/aromatic N) is 3. The third kappa shape index (κ3) is 4.54. The standard InChI is InChI=1S/C21H30N4O/c1-6-24(7-2)17-10-12-19(16(5)14-17)23-21(26)20-13-11-18(15-22-20)25(8-3)9-4/h10-15H,6-9H2,1-5H3,(H,23,26). The maximum atomic E-state index is 12.5. The predicted octanol–water partition coefficient (Wildman–Crippen LogP) is 4.33. The molecule has 5 nitrogen and oxygen atoms in total. The van der Waals surface area contributed by atoms with Gasteiger partial charge in [0.1, 0.15) is 5.69 Å². The maximum absolute atomic E-state index is 12.5. The number of pyridine rings is 1. The summed E-state index contributed by atoms with van der Waals surface area (Å²) < 4.78 is 0. The summed E-state index contributed by atoms with van der Waals surface area (Å²) in [5.41, 5.74) is 4.50. The van der Waals surface area contributed by atoms with Crippen LogP contribution in [0.25, 0.3) is 0 Å². The van der Waals surface area contributed by atoms with Gasteiger partial charge in [-0.3, -0.25) is 4.79 Å².